The number of carbonyl (C=O) groups excluding carboxylic acids is 1. The Bertz CT molecular complexity index is 443. The summed E-state index contributed by atoms with van der Waals surface area (Å²) in [4.78, 5) is 26.0. The molecule has 0 bridgehead atoms. The number of nitrogens with zero attached hydrogens (tertiary/aromatic N) is 2. The summed E-state index contributed by atoms with van der Waals surface area (Å²) >= 11 is 0. The third-order valence-electron chi connectivity index (χ3n) is 2.62. The zero-order chi connectivity index (χ0) is 15.0. The van der Waals surface area contributed by atoms with Crippen molar-refractivity contribution in [1.29, 1.82) is 0 Å². The molecule has 0 saturated carbocycles. The van der Waals surface area contributed by atoms with Gasteiger partial charge < -0.3 is 20.3 Å². The molecule has 1 aromatic rings. The van der Waals surface area contributed by atoms with Crippen LogP contribution in [0, 0.1) is 5.92 Å². The minimum atomic E-state index is -0.858. The number of aromatic nitrogens is 2. The Labute approximate surface area is 118 Å². The summed E-state index contributed by atoms with van der Waals surface area (Å²) in [5, 5.41) is 13.8. The van der Waals surface area contributed by atoms with E-state index in [-0.39, 0.29) is 12.5 Å². The molecule has 2 amide bonds. The summed E-state index contributed by atoms with van der Waals surface area (Å²) in [6, 6.07) is -0.311. The second-order valence-corrected chi connectivity index (χ2v) is 5.00. The fraction of sp³-hybridized carbons (Fsp3) is 0.615. The van der Waals surface area contributed by atoms with Gasteiger partial charge in [-0.05, 0) is 12.3 Å². The number of hydrogen-bond donors (Lipinski definition) is 3. The van der Waals surface area contributed by atoms with Crippen LogP contribution in [0.2, 0.25) is 0 Å². The molecule has 0 aromatic carbocycles. The molecule has 0 unspecified atom stereocenters. The number of carboxylic acids is 1. The summed E-state index contributed by atoms with van der Waals surface area (Å²) in [5.41, 5.74) is 0. The monoisotopic (exact) mass is 282 g/mol. The van der Waals surface area contributed by atoms with Crippen molar-refractivity contribution in [2.24, 2.45) is 5.92 Å². The molecule has 0 fully saturated rings. The van der Waals surface area contributed by atoms with E-state index in [1.54, 1.807) is 6.20 Å². The topological polar surface area (TPSA) is 96.3 Å². The van der Waals surface area contributed by atoms with Gasteiger partial charge in [0.1, 0.15) is 5.82 Å². The number of aliphatic carboxylic acids is 1. The maximum absolute atomic E-state index is 11.5. The standard InChI is InChI=1S/C13H22N4O3/c1-10(2)9-17-7-6-14-11(17)8-16-13(20)15-5-3-4-12(18)19/h6-7,10H,3-5,8-9H2,1-2H3,(H,18,19)(H2,15,16,20). The van der Waals surface area contributed by atoms with Gasteiger partial charge in [0.15, 0.2) is 0 Å². The van der Waals surface area contributed by atoms with E-state index in [9.17, 15) is 9.59 Å². The zero-order valence-corrected chi connectivity index (χ0v) is 11.9. The van der Waals surface area contributed by atoms with Gasteiger partial charge in [-0.3, -0.25) is 4.79 Å². The van der Waals surface area contributed by atoms with E-state index >= 15 is 0 Å². The van der Waals surface area contributed by atoms with E-state index in [1.165, 1.54) is 0 Å². The van der Waals surface area contributed by atoms with Crippen LogP contribution in [0.15, 0.2) is 12.4 Å². The van der Waals surface area contributed by atoms with Crippen LogP contribution in [0.5, 0.6) is 0 Å². The molecule has 7 nitrogen and oxygen atoms in total. The van der Waals surface area contributed by atoms with Gasteiger partial charge in [0, 0.05) is 31.9 Å². The van der Waals surface area contributed by atoms with Gasteiger partial charge in [0.25, 0.3) is 0 Å². The lowest BCUT2D eigenvalue weighted by Crippen LogP contribution is -2.36. The van der Waals surface area contributed by atoms with Gasteiger partial charge in [-0.25, -0.2) is 9.78 Å². The van der Waals surface area contributed by atoms with Crippen LogP contribution in [0.4, 0.5) is 4.79 Å². The second kappa shape index (κ2) is 8.19. The quantitative estimate of drug-likeness (QED) is 0.624. The lowest BCUT2D eigenvalue weighted by atomic mass is 10.2. The smallest absolute Gasteiger partial charge is 0.315 e. The summed E-state index contributed by atoms with van der Waals surface area (Å²) in [6.07, 6.45) is 4.08. The molecular formula is C13H22N4O3. The van der Waals surface area contributed by atoms with Gasteiger partial charge in [0.05, 0.1) is 6.54 Å². The first-order valence-electron chi connectivity index (χ1n) is 6.72. The van der Waals surface area contributed by atoms with Crippen LogP contribution in [0.1, 0.15) is 32.5 Å². The normalized spacial score (nSPS) is 10.6. The number of rotatable bonds is 8. The minimum absolute atomic E-state index is 0.0546. The number of nitrogens with one attached hydrogen (secondary N) is 2. The minimum Gasteiger partial charge on any atom is -0.481 e. The van der Waals surface area contributed by atoms with Crippen LogP contribution >= 0.6 is 0 Å². The number of imidazole rings is 1. The van der Waals surface area contributed by atoms with Crippen molar-refractivity contribution < 1.29 is 14.7 Å². The van der Waals surface area contributed by atoms with Crippen LogP contribution in [0.25, 0.3) is 0 Å². The first kappa shape index (κ1) is 16.0. The highest BCUT2D eigenvalue weighted by Gasteiger charge is 2.06. The van der Waals surface area contributed by atoms with E-state index in [2.05, 4.69) is 29.5 Å². The molecule has 112 valence electrons. The first-order valence-corrected chi connectivity index (χ1v) is 6.72. The van der Waals surface area contributed by atoms with E-state index in [1.807, 2.05) is 10.8 Å². The Hall–Kier alpha value is -2.05. The SMILES string of the molecule is CC(C)Cn1ccnc1CNC(=O)NCCCC(=O)O. The van der Waals surface area contributed by atoms with Crippen LogP contribution in [-0.2, 0) is 17.9 Å². The first-order chi connectivity index (χ1) is 9.49. The molecule has 0 saturated heterocycles. The maximum atomic E-state index is 11.5. The third-order valence-corrected chi connectivity index (χ3v) is 2.62. The number of hydrogen-bond acceptors (Lipinski definition) is 3. The van der Waals surface area contributed by atoms with Crippen molar-refractivity contribution in [2.75, 3.05) is 6.54 Å². The van der Waals surface area contributed by atoms with Crippen LogP contribution < -0.4 is 10.6 Å². The fourth-order valence-corrected chi connectivity index (χ4v) is 1.73. The molecule has 1 heterocycles. The van der Waals surface area contributed by atoms with Gasteiger partial charge in [0.2, 0.25) is 0 Å². The van der Waals surface area contributed by atoms with Crippen molar-refractivity contribution >= 4 is 12.0 Å². The Morgan fingerprint density at radius 1 is 1.40 bits per heavy atom. The molecule has 0 atom stereocenters. The number of carbonyl (C=O) groups is 2. The van der Waals surface area contributed by atoms with E-state index < -0.39 is 5.97 Å². The van der Waals surface area contributed by atoms with Gasteiger partial charge >= 0.3 is 12.0 Å². The number of carboxylic acid groups (broad SMARTS) is 1. The lowest BCUT2D eigenvalue weighted by molar-refractivity contribution is -0.137. The van der Waals surface area contributed by atoms with E-state index in [4.69, 9.17) is 5.11 Å². The number of amides is 2. The third kappa shape index (κ3) is 6.21. The average Bonchev–Trinajstić information content (AvgIpc) is 2.78. The average molecular weight is 282 g/mol. The predicted octanol–water partition coefficient (Wildman–Crippen LogP) is 1.20. The second-order valence-electron chi connectivity index (χ2n) is 5.00. The summed E-state index contributed by atoms with van der Waals surface area (Å²) in [5.74, 6) is 0.454. The Morgan fingerprint density at radius 2 is 2.15 bits per heavy atom. The highest BCUT2D eigenvalue weighted by Crippen LogP contribution is 2.03. The van der Waals surface area contributed by atoms with Gasteiger partial charge in [-0.1, -0.05) is 13.8 Å². The molecule has 1 aromatic heterocycles. The van der Waals surface area contributed by atoms with E-state index in [0.29, 0.717) is 25.4 Å². The summed E-state index contributed by atoms with van der Waals surface area (Å²) in [6.45, 7) is 5.79. The van der Waals surface area contributed by atoms with Crippen LogP contribution in [0.3, 0.4) is 0 Å². The fourth-order valence-electron chi connectivity index (χ4n) is 1.73. The molecule has 0 spiro atoms. The Balaban J connectivity index is 2.27. The molecule has 20 heavy (non-hydrogen) atoms. The summed E-state index contributed by atoms with van der Waals surface area (Å²) in [7, 11) is 0. The molecule has 0 aliphatic heterocycles. The molecule has 0 aliphatic rings. The summed E-state index contributed by atoms with van der Waals surface area (Å²) < 4.78 is 2.01. The predicted molar refractivity (Wildman–Crippen MR) is 74.2 cm³/mol. The van der Waals surface area contributed by atoms with Gasteiger partial charge in [-0.15, -0.1) is 0 Å². The van der Waals surface area contributed by atoms with Crippen molar-refractivity contribution in [3.8, 4) is 0 Å². The van der Waals surface area contributed by atoms with Crippen molar-refractivity contribution in [1.82, 2.24) is 20.2 Å². The van der Waals surface area contributed by atoms with Crippen molar-refractivity contribution in [2.45, 2.75) is 39.8 Å². The molecule has 7 heteroatoms. The largest absolute Gasteiger partial charge is 0.481 e. The lowest BCUT2D eigenvalue weighted by Gasteiger charge is -2.11. The van der Waals surface area contributed by atoms with Crippen molar-refractivity contribution in [3.63, 3.8) is 0 Å². The van der Waals surface area contributed by atoms with Crippen molar-refractivity contribution in [3.05, 3.63) is 18.2 Å². The molecule has 0 aliphatic carbocycles. The Morgan fingerprint density at radius 3 is 2.80 bits per heavy atom. The van der Waals surface area contributed by atoms with Gasteiger partial charge in [-0.2, -0.15) is 0 Å². The van der Waals surface area contributed by atoms with E-state index in [0.717, 1.165) is 12.4 Å². The zero-order valence-electron chi connectivity index (χ0n) is 11.9. The van der Waals surface area contributed by atoms with Crippen LogP contribution in [-0.4, -0.2) is 33.2 Å². The highest BCUT2D eigenvalue weighted by molar-refractivity contribution is 5.73. The Kier molecular flexibility index (Phi) is 6.55. The molecular weight excluding hydrogens is 260 g/mol. The molecule has 3 N–H and O–H groups in total. The highest BCUT2D eigenvalue weighted by atomic mass is 16.4. The molecule has 0 radical (unpaired) electrons. The number of urea groups is 1. The maximum Gasteiger partial charge on any atom is 0.315 e. The molecule has 1 rings (SSSR count).